The fourth-order valence-corrected chi connectivity index (χ4v) is 2.43. The van der Waals surface area contributed by atoms with Gasteiger partial charge in [-0.25, -0.2) is 4.98 Å². The molecule has 1 amide bonds. The number of alkyl halides is 3. The number of rotatable bonds is 4. The van der Waals surface area contributed by atoms with Crippen LogP contribution in [0.1, 0.15) is 22.3 Å². The zero-order chi connectivity index (χ0) is 17.9. The maximum atomic E-state index is 12.3. The van der Waals surface area contributed by atoms with E-state index < -0.39 is 18.7 Å². The first-order valence-electron chi connectivity index (χ1n) is 7.63. The molecular weight excluding hydrogens is 337 g/mol. The molecule has 0 bridgehead atoms. The van der Waals surface area contributed by atoms with E-state index in [9.17, 15) is 18.0 Å². The molecule has 2 aromatic rings. The van der Waals surface area contributed by atoms with Crippen LogP contribution in [-0.2, 0) is 6.42 Å². The van der Waals surface area contributed by atoms with Crippen LogP contribution in [0.4, 0.5) is 18.9 Å². The van der Waals surface area contributed by atoms with Gasteiger partial charge in [-0.1, -0.05) is 0 Å². The van der Waals surface area contributed by atoms with Crippen LogP contribution < -0.4 is 14.8 Å². The van der Waals surface area contributed by atoms with Crippen molar-refractivity contribution in [3.8, 4) is 11.6 Å². The number of anilines is 1. The number of carbonyl (C=O) groups excluding carboxylic acids is 1. The number of aryl methyl sites for hydroxylation is 1. The molecule has 1 aromatic heterocycles. The predicted molar refractivity (Wildman–Crippen MR) is 84.0 cm³/mol. The average Bonchev–Trinajstić information content (AvgIpc) is 2.59. The molecule has 2 heterocycles. The van der Waals surface area contributed by atoms with Gasteiger partial charge in [0.05, 0.1) is 6.61 Å². The summed E-state index contributed by atoms with van der Waals surface area (Å²) in [6.07, 6.45) is -1.47. The highest BCUT2D eigenvalue weighted by Crippen LogP contribution is 2.27. The summed E-state index contributed by atoms with van der Waals surface area (Å²) in [6.45, 7) is -0.785. The van der Waals surface area contributed by atoms with Gasteiger partial charge in [0.2, 0.25) is 5.88 Å². The zero-order valence-electron chi connectivity index (χ0n) is 13.1. The summed E-state index contributed by atoms with van der Waals surface area (Å²) in [5.41, 5.74) is 1.75. The number of hydrogen-bond donors (Lipinski definition) is 1. The van der Waals surface area contributed by atoms with E-state index in [1.54, 1.807) is 12.1 Å². The minimum Gasteiger partial charge on any atom is -0.493 e. The Balaban J connectivity index is 1.69. The second-order valence-electron chi connectivity index (χ2n) is 5.52. The van der Waals surface area contributed by atoms with Crippen LogP contribution in [0.3, 0.4) is 0 Å². The summed E-state index contributed by atoms with van der Waals surface area (Å²) in [7, 11) is 0. The Morgan fingerprint density at radius 3 is 2.92 bits per heavy atom. The smallest absolute Gasteiger partial charge is 0.422 e. The Kier molecular flexibility index (Phi) is 4.78. The van der Waals surface area contributed by atoms with Gasteiger partial charge in [0.25, 0.3) is 5.91 Å². The van der Waals surface area contributed by atoms with Crippen molar-refractivity contribution in [3.05, 3.63) is 47.7 Å². The van der Waals surface area contributed by atoms with E-state index in [-0.39, 0.29) is 11.4 Å². The number of halogens is 3. The highest BCUT2D eigenvalue weighted by Gasteiger charge is 2.28. The number of pyridine rings is 1. The van der Waals surface area contributed by atoms with Crippen molar-refractivity contribution in [2.75, 3.05) is 18.5 Å². The van der Waals surface area contributed by atoms with Crippen LogP contribution >= 0.6 is 0 Å². The zero-order valence-corrected chi connectivity index (χ0v) is 13.1. The molecule has 132 valence electrons. The van der Waals surface area contributed by atoms with Crippen LogP contribution in [0, 0.1) is 0 Å². The molecule has 1 N–H and O–H groups in total. The van der Waals surface area contributed by atoms with Crippen LogP contribution in [0.2, 0.25) is 0 Å². The van der Waals surface area contributed by atoms with E-state index in [0.29, 0.717) is 12.3 Å². The lowest BCUT2D eigenvalue weighted by atomic mass is 10.1. The maximum absolute atomic E-state index is 12.3. The number of carbonyl (C=O) groups is 1. The van der Waals surface area contributed by atoms with Gasteiger partial charge in [-0.15, -0.1) is 0 Å². The Bertz CT molecular complexity index is 778. The van der Waals surface area contributed by atoms with Crippen LogP contribution in [0.5, 0.6) is 11.6 Å². The Morgan fingerprint density at radius 2 is 2.12 bits per heavy atom. The third-order valence-corrected chi connectivity index (χ3v) is 3.55. The summed E-state index contributed by atoms with van der Waals surface area (Å²) < 4.78 is 46.6. The van der Waals surface area contributed by atoms with Gasteiger partial charge in [0, 0.05) is 23.5 Å². The normalized spacial score (nSPS) is 13.6. The van der Waals surface area contributed by atoms with E-state index in [2.05, 4.69) is 15.0 Å². The first-order chi connectivity index (χ1) is 11.9. The van der Waals surface area contributed by atoms with Crippen molar-refractivity contribution < 1.29 is 27.4 Å². The lowest BCUT2D eigenvalue weighted by Gasteiger charge is -2.18. The molecule has 0 saturated carbocycles. The average molecular weight is 352 g/mol. The molecule has 3 rings (SSSR count). The van der Waals surface area contributed by atoms with Gasteiger partial charge in [0.1, 0.15) is 5.75 Å². The van der Waals surface area contributed by atoms with E-state index in [1.165, 1.54) is 18.3 Å². The third kappa shape index (κ3) is 4.62. The quantitative estimate of drug-likeness (QED) is 0.913. The number of amides is 1. The van der Waals surface area contributed by atoms with Crippen molar-refractivity contribution in [2.24, 2.45) is 0 Å². The van der Waals surface area contributed by atoms with Crippen molar-refractivity contribution >= 4 is 11.6 Å². The van der Waals surface area contributed by atoms with Crippen molar-refractivity contribution in [1.82, 2.24) is 4.98 Å². The fourth-order valence-electron chi connectivity index (χ4n) is 2.43. The van der Waals surface area contributed by atoms with E-state index >= 15 is 0 Å². The highest BCUT2D eigenvalue weighted by atomic mass is 19.4. The van der Waals surface area contributed by atoms with Crippen molar-refractivity contribution in [2.45, 2.75) is 19.0 Å². The SMILES string of the molecule is O=C(Nc1ccc2c(c1)CCCO2)c1ccnc(OCC(F)(F)F)c1. The van der Waals surface area contributed by atoms with Gasteiger partial charge in [-0.2, -0.15) is 13.2 Å². The molecule has 0 unspecified atom stereocenters. The third-order valence-electron chi connectivity index (χ3n) is 3.55. The van der Waals surface area contributed by atoms with Crippen LogP contribution in [-0.4, -0.2) is 30.3 Å². The van der Waals surface area contributed by atoms with Gasteiger partial charge in [-0.3, -0.25) is 4.79 Å². The molecule has 0 fully saturated rings. The second-order valence-corrected chi connectivity index (χ2v) is 5.52. The van der Waals surface area contributed by atoms with Crippen molar-refractivity contribution in [3.63, 3.8) is 0 Å². The Hall–Kier alpha value is -2.77. The number of aromatic nitrogens is 1. The molecule has 8 heteroatoms. The van der Waals surface area contributed by atoms with E-state index in [4.69, 9.17) is 4.74 Å². The van der Waals surface area contributed by atoms with Crippen LogP contribution in [0.15, 0.2) is 36.5 Å². The van der Waals surface area contributed by atoms with E-state index in [1.807, 2.05) is 6.07 Å². The summed E-state index contributed by atoms with van der Waals surface area (Å²) in [4.78, 5) is 16.0. The van der Waals surface area contributed by atoms with Gasteiger partial charge in [-0.05, 0) is 42.7 Å². The standard InChI is InChI=1S/C17H15F3N2O3/c18-17(19,20)10-25-15-9-12(5-6-21-15)16(23)22-13-3-4-14-11(8-13)2-1-7-24-14/h3-6,8-9H,1-2,7,10H2,(H,22,23). The summed E-state index contributed by atoms with van der Waals surface area (Å²) in [6, 6.07) is 7.90. The first-order valence-corrected chi connectivity index (χ1v) is 7.63. The van der Waals surface area contributed by atoms with Crippen LogP contribution in [0.25, 0.3) is 0 Å². The molecule has 0 aliphatic carbocycles. The van der Waals surface area contributed by atoms with Crippen molar-refractivity contribution in [1.29, 1.82) is 0 Å². The molecule has 1 aromatic carbocycles. The van der Waals surface area contributed by atoms with Gasteiger partial charge < -0.3 is 14.8 Å². The molecule has 0 radical (unpaired) electrons. The molecular formula is C17H15F3N2O3. The van der Waals surface area contributed by atoms with Gasteiger partial charge >= 0.3 is 6.18 Å². The lowest BCUT2D eigenvalue weighted by molar-refractivity contribution is -0.154. The summed E-state index contributed by atoms with van der Waals surface area (Å²) in [5.74, 6) is 0.0794. The first kappa shape index (κ1) is 17.1. The molecule has 0 spiro atoms. The molecule has 1 aliphatic rings. The number of hydrogen-bond acceptors (Lipinski definition) is 4. The Morgan fingerprint density at radius 1 is 1.28 bits per heavy atom. The number of nitrogens with one attached hydrogen (secondary N) is 1. The molecule has 1 aliphatic heterocycles. The number of nitrogens with zero attached hydrogens (tertiary/aromatic N) is 1. The summed E-state index contributed by atoms with van der Waals surface area (Å²) in [5, 5.41) is 2.71. The molecule has 0 atom stereocenters. The second kappa shape index (κ2) is 7.00. The topological polar surface area (TPSA) is 60.5 Å². The summed E-state index contributed by atoms with van der Waals surface area (Å²) >= 11 is 0. The van der Waals surface area contributed by atoms with Gasteiger partial charge in [0.15, 0.2) is 6.61 Å². The molecule has 0 saturated heterocycles. The predicted octanol–water partition coefficient (Wildman–Crippen LogP) is 3.60. The number of fused-ring (bicyclic) bond motifs is 1. The van der Waals surface area contributed by atoms with E-state index in [0.717, 1.165) is 24.2 Å². The monoisotopic (exact) mass is 352 g/mol. The highest BCUT2D eigenvalue weighted by molar-refractivity contribution is 6.04. The maximum Gasteiger partial charge on any atom is 0.422 e. The fraction of sp³-hybridized carbons (Fsp3) is 0.294. The minimum atomic E-state index is -4.47. The minimum absolute atomic E-state index is 0.154. The molecule has 25 heavy (non-hydrogen) atoms. The molecule has 5 nitrogen and oxygen atoms in total. The Labute approximate surface area is 141 Å². The largest absolute Gasteiger partial charge is 0.493 e. The number of ether oxygens (including phenoxy) is 2. The lowest BCUT2D eigenvalue weighted by Crippen LogP contribution is -2.20. The number of benzene rings is 1.